The average Bonchev–Trinajstić information content (AvgIpc) is 2.40. The standard InChI is InChI=1S/C15H24N2O5/c1-15(2,3)22-14(21)17-6-4-5-9(8-17)7-10-11(13(19)20)16-12(10)18/h9-11H,4-8H2,1-3H3,(H,16,18)(H,19,20). The van der Waals surface area contributed by atoms with E-state index in [1.165, 1.54) is 0 Å². The van der Waals surface area contributed by atoms with Crippen molar-refractivity contribution in [1.82, 2.24) is 10.2 Å². The summed E-state index contributed by atoms with van der Waals surface area (Å²) < 4.78 is 5.36. The Hall–Kier alpha value is -1.79. The molecule has 2 rings (SSSR count). The molecule has 2 N–H and O–H groups in total. The number of piperidine rings is 1. The summed E-state index contributed by atoms with van der Waals surface area (Å²) in [6.45, 7) is 6.63. The molecular weight excluding hydrogens is 288 g/mol. The van der Waals surface area contributed by atoms with Crippen LogP contribution in [0.25, 0.3) is 0 Å². The van der Waals surface area contributed by atoms with Gasteiger partial charge in [0.25, 0.3) is 0 Å². The summed E-state index contributed by atoms with van der Waals surface area (Å²) in [5.74, 6) is -1.55. The summed E-state index contributed by atoms with van der Waals surface area (Å²) >= 11 is 0. The first kappa shape index (κ1) is 16.6. The Morgan fingerprint density at radius 2 is 2.09 bits per heavy atom. The summed E-state index contributed by atoms with van der Waals surface area (Å²) in [5.41, 5.74) is -0.535. The van der Waals surface area contributed by atoms with Crippen LogP contribution in [0.15, 0.2) is 0 Å². The van der Waals surface area contributed by atoms with Crippen molar-refractivity contribution in [2.24, 2.45) is 11.8 Å². The summed E-state index contributed by atoms with van der Waals surface area (Å²) in [6, 6.07) is -0.788. The van der Waals surface area contributed by atoms with Crippen molar-refractivity contribution in [1.29, 1.82) is 0 Å². The van der Waals surface area contributed by atoms with E-state index in [-0.39, 0.29) is 17.9 Å². The van der Waals surface area contributed by atoms with Crippen molar-refractivity contribution in [2.75, 3.05) is 13.1 Å². The van der Waals surface area contributed by atoms with Crippen LogP contribution in [0, 0.1) is 11.8 Å². The monoisotopic (exact) mass is 312 g/mol. The fourth-order valence-electron chi connectivity index (χ4n) is 3.00. The second-order valence-corrected chi connectivity index (χ2v) is 7.10. The van der Waals surface area contributed by atoms with Crippen molar-refractivity contribution < 1.29 is 24.2 Å². The number of β-lactam (4-membered cyclic amide) rings is 1. The predicted octanol–water partition coefficient (Wildman–Crippen LogP) is 1.22. The number of carbonyl (C=O) groups is 3. The van der Waals surface area contributed by atoms with Gasteiger partial charge in [0.1, 0.15) is 11.6 Å². The molecule has 3 unspecified atom stereocenters. The van der Waals surface area contributed by atoms with Crippen LogP contribution in [0.1, 0.15) is 40.0 Å². The Bertz CT molecular complexity index is 471. The van der Waals surface area contributed by atoms with E-state index in [9.17, 15) is 14.4 Å². The lowest BCUT2D eigenvalue weighted by Gasteiger charge is -2.39. The molecule has 2 aliphatic heterocycles. The molecule has 7 nitrogen and oxygen atoms in total. The largest absolute Gasteiger partial charge is 0.480 e. The van der Waals surface area contributed by atoms with Gasteiger partial charge in [0, 0.05) is 13.1 Å². The lowest BCUT2D eigenvalue weighted by molar-refractivity contribution is -0.154. The van der Waals surface area contributed by atoms with E-state index in [1.807, 2.05) is 20.8 Å². The zero-order valence-electron chi connectivity index (χ0n) is 13.3. The molecule has 0 spiro atoms. The number of carboxylic acid groups (broad SMARTS) is 1. The highest BCUT2D eigenvalue weighted by Gasteiger charge is 2.45. The number of hydrogen-bond acceptors (Lipinski definition) is 4. The second kappa shape index (κ2) is 6.14. The number of ether oxygens (including phenoxy) is 1. The minimum atomic E-state index is -0.996. The Balaban J connectivity index is 1.89. The zero-order chi connectivity index (χ0) is 16.5. The van der Waals surface area contributed by atoms with Gasteiger partial charge in [0.05, 0.1) is 5.92 Å². The number of hydrogen-bond donors (Lipinski definition) is 2. The highest BCUT2D eigenvalue weighted by molar-refractivity contribution is 5.96. The van der Waals surface area contributed by atoms with E-state index in [1.54, 1.807) is 4.90 Å². The van der Waals surface area contributed by atoms with Crippen LogP contribution in [0.4, 0.5) is 4.79 Å². The molecular formula is C15H24N2O5. The van der Waals surface area contributed by atoms with Crippen LogP contribution in [0.2, 0.25) is 0 Å². The molecule has 0 aromatic carbocycles. The van der Waals surface area contributed by atoms with Gasteiger partial charge in [-0.25, -0.2) is 9.59 Å². The lowest BCUT2D eigenvalue weighted by atomic mass is 9.80. The number of likely N-dealkylation sites (tertiary alicyclic amines) is 1. The van der Waals surface area contributed by atoms with Gasteiger partial charge >= 0.3 is 12.1 Å². The van der Waals surface area contributed by atoms with Gasteiger partial charge in [0.15, 0.2) is 0 Å². The van der Waals surface area contributed by atoms with Crippen molar-refractivity contribution in [2.45, 2.75) is 51.7 Å². The molecule has 0 bridgehead atoms. The van der Waals surface area contributed by atoms with Crippen LogP contribution in [-0.4, -0.2) is 52.7 Å². The lowest BCUT2D eigenvalue weighted by Crippen LogP contribution is -2.62. The van der Waals surface area contributed by atoms with Gasteiger partial charge in [-0.05, 0) is 46.0 Å². The third kappa shape index (κ3) is 3.90. The molecule has 3 atom stereocenters. The van der Waals surface area contributed by atoms with Gasteiger partial charge in [-0.3, -0.25) is 4.79 Å². The number of rotatable bonds is 3. The van der Waals surface area contributed by atoms with Gasteiger partial charge in [-0.1, -0.05) is 0 Å². The van der Waals surface area contributed by atoms with Crippen LogP contribution in [0.5, 0.6) is 0 Å². The highest BCUT2D eigenvalue weighted by Crippen LogP contribution is 2.29. The zero-order valence-corrected chi connectivity index (χ0v) is 13.3. The number of carboxylic acids is 1. The fourth-order valence-corrected chi connectivity index (χ4v) is 3.00. The van der Waals surface area contributed by atoms with Gasteiger partial charge < -0.3 is 20.1 Å². The second-order valence-electron chi connectivity index (χ2n) is 7.10. The maximum Gasteiger partial charge on any atom is 0.410 e. The molecule has 0 aliphatic carbocycles. The number of nitrogens with one attached hydrogen (secondary N) is 1. The average molecular weight is 312 g/mol. The molecule has 0 aromatic rings. The summed E-state index contributed by atoms with van der Waals surface area (Å²) in [7, 11) is 0. The number of aliphatic carboxylic acids is 1. The van der Waals surface area contributed by atoms with Crippen molar-refractivity contribution in [3.05, 3.63) is 0 Å². The van der Waals surface area contributed by atoms with Crippen LogP contribution < -0.4 is 5.32 Å². The Labute approximate surface area is 130 Å². The minimum Gasteiger partial charge on any atom is -0.480 e. The van der Waals surface area contributed by atoms with Gasteiger partial charge in [-0.2, -0.15) is 0 Å². The molecule has 0 saturated carbocycles. The van der Waals surface area contributed by atoms with Crippen molar-refractivity contribution in [3.8, 4) is 0 Å². The third-order valence-electron chi connectivity index (χ3n) is 4.06. The van der Waals surface area contributed by atoms with E-state index < -0.39 is 23.5 Å². The van der Waals surface area contributed by atoms with Crippen molar-refractivity contribution >= 4 is 18.0 Å². The van der Waals surface area contributed by atoms with Crippen LogP contribution >= 0.6 is 0 Å². The predicted molar refractivity (Wildman–Crippen MR) is 78.2 cm³/mol. The van der Waals surface area contributed by atoms with Crippen molar-refractivity contribution in [3.63, 3.8) is 0 Å². The Morgan fingerprint density at radius 3 is 2.64 bits per heavy atom. The first-order valence-corrected chi connectivity index (χ1v) is 7.68. The van der Waals surface area contributed by atoms with E-state index in [4.69, 9.17) is 9.84 Å². The van der Waals surface area contributed by atoms with E-state index >= 15 is 0 Å². The molecule has 7 heteroatoms. The summed E-state index contributed by atoms with van der Waals surface area (Å²) in [4.78, 5) is 36.3. The third-order valence-corrected chi connectivity index (χ3v) is 4.06. The molecule has 2 fully saturated rings. The normalized spacial score (nSPS) is 28.6. The quantitative estimate of drug-likeness (QED) is 0.764. The molecule has 124 valence electrons. The van der Waals surface area contributed by atoms with Gasteiger partial charge in [-0.15, -0.1) is 0 Å². The van der Waals surface area contributed by atoms with Crippen LogP contribution in [-0.2, 0) is 14.3 Å². The fraction of sp³-hybridized carbons (Fsp3) is 0.800. The maximum absolute atomic E-state index is 12.1. The maximum atomic E-state index is 12.1. The summed E-state index contributed by atoms with van der Waals surface area (Å²) in [6.07, 6.45) is 1.90. The first-order chi connectivity index (χ1) is 10.2. The molecule has 0 radical (unpaired) electrons. The van der Waals surface area contributed by atoms with Crippen LogP contribution in [0.3, 0.4) is 0 Å². The molecule has 2 amide bonds. The topological polar surface area (TPSA) is 95.9 Å². The molecule has 22 heavy (non-hydrogen) atoms. The minimum absolute atomic E-state index is 0.138. The summed E-state index contributed by atoms with van der Waals surface area (Å²) in [5, 5.41) is 11.4. The molecule has 2 saturated heterocycles. The van der Waals surface area contributed by atoms with Gasteiger partial charge in [0.2, 0.25) is 5.91 Å². The molecule has 0 aromatic heterocycles. The number of nitrogens with zero attached hydrogens (tertiary/aromatic N) is 1. The van der Waals surface area contributed by atoms with E-state index in [2.05, 4.69) is 5.32 Å². The number of amides is 2. The molecule has 2 aliphatic rings. The molecule has 2 heterocycles. The Morgan fingerprint density at radius 1 is 1.41 bits per heavy atom. The number of carbonyl (C=O) groups excluding carboxylic acids is 2. The Kier molecular flexibility index (Phi) is 4.63. The SMILES string of the molecule is CC(C)(C)OC(=O)N1CCCC(CC2C(=O)NC2C(=O)O)C1. The smallest absolute Gasteiger partial charge is 0.410 e. The first-order valence-electron chi connectivity index (χ1n) is 7.68. The van der Waals surface area contributed by atoms with E-state index in [0.717, 1.165) is 12.8 Å². The highest BCUT2D eigenvalue weighted by atomic mass is 16.6. The van der Waals surface area contributed by atoms with E-state index in [0.29, 0.717) is 19.5 Å².